The number of amides is 1. The van der Waals surface area contributed by atoms with Gasteiger partial charge in [0, 0.05) is 12.1 Å². The maximum Gasteiger partial charge on any atom is 0.224 e. The summed E-state index contributed by atoms with van der Waals surface area (Å²) in [6.07, 6.45) is 5.63. The van der Waals surface area contributed by atoms with E-state index in [-0.39, 0.29) is 23.9 Å². The third-order valence-corrected chi connectivity index (χ3v) is 2.82. The van der Waals surface area contributed by atoms with Gasteiger partial charge in [-0.1, -0.05) is 12.5 Å². The Hall–Kier alpha value is -0.830. The van der Waals surface area contributed by atoms with E-state index in [1.807, 2.05) is 13.0 Å². The molecule has 1 rings (SSSR count). The van der Waals surface area contributed by atoms with E-state index >= 15 is 0 Å². The van der Waals surface area contributed by atoms with Gasteiger partial charge in [0.15, 0.2) is 0 Å². The third kappa shape index (κ3) is 2.84. The molecule has 0 aromatic carbocycles. The molecule has 1 fully saturated rings. The van der Waals surface area contributed by atoms with Gasteiger partial charge in [-0.3, -0.25) is 4.79 Å². The van der Waals surface area contributed by atoms with Crippen molar-refractivity contribution in [3.8, 4) is 0 Å². The number of nitrogens with two attached hydrogens (primary N) is 1. The zero-order chi connectivity index (χ0) is 10.6. The van der Waals surface area contributed by atoms with Crippen molar-refractivity contribution in [3.05, 3.63) is 12.7 Å². The monoisotopic (exact) mass is 196 g/mol. The van der Waals surface area contributed by atoms with Crippen LogP contribution in [0.25, 0.3) is 0 Å². The van der Waals surface area contributed by atoms with Crippen LogP contribution in [0.1, 0.15) is 32.6 Å². The molecule has 1 aliphatic rings. The van der Waals surface area contributed by atoms with Crippen molar-refractivity contribution >= 4 is 5.91 Å². The number of hydrogen-bond acceptors (Lipinski definition) is 2. The van der Waals surface area contributed by atoms with Gasteiger partial charge in [-0.2, -0.15) is 0 Å². The summed E-state index contributed by atoms with van der Waals surface area (Å²) >= 11 is 0. The van der Waals surface area contributed by atoms with E-state index in [9.17, 15) is 4.79 Å². The summed E-state index contributed by atoms with van der Waals surface area (Å²) in [6.45, 7) is 5.63. The molecule has 3 nitrogen and oxygen atoms in total. The number of carbonyl (C=O) groups is 1. The van der Waals surface area contributed by atoms with Crippen LogP contribution < -0.4 is 11.1 Å². The highest BCUT2D eigenvalue weighted by Crippen LogP contribution is 2.24. The van der Waals surface area contributed by atoms with E-state index in [0.717, 1.165) is 25.7 Å². The fourth-order valence-corrected chi connectivity index (χ4v) is 1.97. The SMILES string of the molecule is C=CCC(C)NC(=O)C1CCCC1N. The second-order valence-corrected chi connectivity index (χ2v) is 4.14. The Morgan fingerprint density at radius 1 is 1.71 bits per heavy atom. The first kappa shape index (κ1) is 11.2. The molecule has 1 aliphatic carbocycles. The van der Waals surface area contributed by atoms with Gasteiger partial charge >= 0.3 is 0 Å². The molecule has 3 unspecified atom stereocenters. The van der Waals surface area contributed by atoms with Crippen molar-refractivity contribution in [1.29, 1.82) is 0 Å². The molecule has 3 N–H and O–H groups in total. The molecule has 1 amide bonds. The van der Waals surface area contributed by atoms with E-state index in [4.69, 9.17) is 5.73 Å². The zero-order valence-corrected chi connectivity index (χ0v) is 8.83. The van der Waals surface area contributed by atoms with Crippen molar-refractivity contribution in [2.24, 2.45) is 11.7 Å². The smallest absolute Gasteiger partial charge is 0.224 e. The Bertz CT molecular complexity index is 215. The molecule has 0 aromatic heterocycles. The molecular weight excluding hydrogens is 176 g/mol. The predicted octanol–water partition coefficient (Wildman–Crippen LogP) is 1.19. The highest BCUT2D eigenvalue weighted by molar-refractivity contribution is 5.80. The summed E-state index contributed by atoms with van der Waals surface area (Å²) < 4.78 is 0. The predicted molar refractivity (Wildman–Crippen MR) is 57.7 cm³/mol. The van der Waals surface area contributed by atoms with Crippen LogP contribution in [0.4, 0.5) is 0 Å². The molecule has 0 aliphatic heterocycles. The van der Waals surface area contributed by atoms with Gasteiger partial charge in [0.25, 0.3) is 0 Å². The first-order valence-electron chi connectivity index (χ1n) is 5.32. The maximum absolute atomic E-state index is 11.7. The van der Waals surface area contributed by atoms with Crippen LogP contribution >= 0.6 is 0 Å². The van der Waals surface area contributed by atoms with Gasteiger partial charge in [0.1, 0.15) is 0 Å². The van der Waals surface area contributed by atoms with Crippen molar-refractivity contribution in [2.45, 2.75) is 44.7 Å². The lowest BCUT2D eigenvalue weighted by Crippen LogP contribution is -2.42. The Balaban J connectivity index is 2.37. The Labute approximate surface area is 85.7 Å². The molecule has 3 heteroatoms. The minimum atomic E-state index is 0.0299. The van der Waals surface area contributed by atoms with E-state index < -0.39 is 0 Å². The molecule has 0 saturated heterocycles. The highest BCUT2D eigenvalue weighted by Gasteiger charge is 2.30. The van der Waals surface area contributed by atoms with Crippen LogP contribution in [0.5, 0.6) is 0 Å². The Morgan fingerprint density at radius 3 is 2.93 bits per heavy atom. The molecule has 0 radical (unpaired) electrons. The van der Waals surface area contributed by atoms with E-state index in [1.54, 1.807) is 0 Å². The number of carbonyl (C=O) groups excluding carboxylic acids is 1. The van der Waals surface area contributed by atoms with Crippen molar-refractivity contribution in [3.63, 3.8) is 0 Å². The van der Waals surface area contributed by atoms with E-state index in [0.29, 0.717) is 0 Å². The van der Waals surface area contributed by atoms with Crippen molar-refractivity contribution < 1.29 is 4.79 Å². The third-order valence-electron chi connectivity index (χ3n) is 2.82. The molecule has 0 aromatic rings. The largest absolute Gasteiger partial charge is 0.353 e. The fraction of sp³-hybridized carbons (Fsp3) is 0.727. The molecule has 1 saturated carbocycles. The van der Waals surface area contributed by atoms with Gasteiger partial charge < -0.3 is 11.1 Å². The van der Waals surface area contributed by atoms with Crippen LogP contribution in [0.2, 0.25) is 0 Å². The normalized spacial score (nSPS) is 28.4. The highest BCUT2D eigenvalue weighted by atomic mass is 16.2. The van der Waals surface area contributed by atoms with Gasteiger partial charge in [-0.05, 0) is 26.2 Å². The first-order chi connectivity index (χ1) is 6.65. The second-order valence-electron chi connectivity index (χ2n) is 4.14. The van der Waals surface area contributed by atoms with Gasteiger partial charge in [-0.15, -0.1) is 6.58 Å². The average Bonchev–Trinajstić information content (AvgIpc) is 2.51. The number of rotatable bonds is 4. The van der Waals surface area contributed by atoms with Crippen LogP contribution in [0, 0.1) is 5.92 Å². The second kappa shape index (κ2) is 5.15. The number of nitrogens with one attached hydrogen (secondary N) is 1. The molecule has 80 valence electrons. The lowest BCUT2D eigenvalue weighted by Gasteiger charge is -2.18. The summed E-state index contributed by atoms with van der Waals surface area (Å²) in [6, 6.07) is 0.235. The maximum atomic E-state index is 11.7. The summed E-state index contributed by atoms with van der Waals surface area (Å²) in [4.78, 5) is 11.7. The van der Waals surface area contributed by atoms with Crippen LogP contribution in [-0.4, -0.2) is 18.0 Å². The van der Waals surface area contributed by atoms with Gasteiger partial charge in [-0.25, -0.2) is 0 Å². The fourth-order valence-electron chi connectivity index (χ4n) is 1.97. The molecule has 0 spiro atoms. The van der Waals surface area contributed by atoms with Crippen LogP contribution in [0.15, 0.2) is 12.7 Å². The van der Waals surface area contributed by atoms with Crippen LogP contribution in [-0.2, 0) is 4.79 Å². The standard InChI is InChI=1S/C11H20N2O/c1-3-5-8(2)13-11(14)9-6-4-7-10(9)12/h3,8-10H,1,4-7,12H2,2H3,(H,13,14). The average molecular weight is 196 g/mol. The lowest BCUT2D eigenvalue weighted by molar-refractivity contribution is -0.125. The number of hydrogen-bond donors (Lipinski definition) is 2. The van der Waals surface area contributed by atoms with Gasteiger partial charge in [0.05, 0.1) is 5.92 Å². The van der Waals surface area contributed by atoms with E-state index in [2.05, 4.69) is 11.9 Å². The molecule has 0 heterocycles. The minimum Gasteiger partial charge on any atom is -0.353 e. The van der Waals surface area contributed by atoms with Crippen molar-refractivity contribution in [1.82, 2.24) is 5.32 Å². The minimum absolute atomic E-state index is 0.0299. The summed E-state index contributed by atoms with van der Waals surface area (Å²) in [5.41, 5.74) is 5.85. The van der Waals surface area contributed by atoms with Gasteiger partial charge in [0.2, 0.25) is 5.91 Å². The summed E-state index contributed by atoms with van der Waals surface area (Å²) in [5.74, 6) is 0.145. The Morgan fingerprint density at radius 2 is 2.43 bits per heavy atom. The molecule has 3 atom stereocenters. The quantitative estimate of drug-likeness (QED) is 0.664. The molecular formula is C11H20N2O. The first-order valence-corrected chi connectivity index (χ1v) is 5.32. The van der Waals surface area contributed by atoms with Crippen molar-refractivity contribution in [2.75, 3.05) is 0 Å². The summed E-state index contributed by atoms with van der Waals surface area (Å²) in [7, 11) is 0. The molecule has 14 heavy (non-hydrogen) atoms. The zero-order valence-electron chi connectivity index (χ0n) is 8.83. The molecule has 0 bridgehead atoms. The topological polar surface area (TPSA) is 55.1 Å². The lowest BCUT2D eigenvalue weighted by atomic mass is 10.0. The summed E-state index contributed by atoms with van der Waals surface area (Å²) in [5, 5.41) is 2.96. The van der Waals surface area contributed by atoms with E-state index in [1.165, 1.54) is 0 Å². The van der Waals surface area contributed by atoms with Crippen LogP contribution in [0.3, 0.4) is 0 Å². The Kier molecular flexibility index (Phi) is 4.14.